The highest BCUT2D eigenvalue weighted by Crippen LogP contribution is 2.33. The van der Waals surface area contributed by atoms with Crippen molar-refractivity contribution in [1.82, 2.24) is 10.3 Å². The zero-order valence-corrected chi connectivity index (χ0v) is 19.8. The number of nitrogens with zero attached hydrogens (tertiary/aromatic N) is 2. The minimum Gasteiger partial charge on any atom is -0.467 e. The van der Waals surface area contributed by atoms with Crippen molar-refractivity contribution < 1.29 is 36.6 Å². The van der Waals surface area contributed by atoms with Crippen molar-refractivity contribution >= 4 is 29.5 Å². The number of benzene rings is 2. The molecule has 2 heterocycles. The summed E-state index contributed by atoms with van der Waals surface area (Å²) in [4.78, 5) is 32.4. The van der Waals surface area contributed by atoms with Crippen molar-refractivity contribution in [1.29, 1.82) is 0 Å². The van der Waals surface area contributed by atoms with Crippen LogP contribution >= 0.6 is 0 Å². The van der Waals surface area contributed by atoms with Crippen LogP contribution in [0, 0.1) is 5.82 Å². The quantitative estimate of drug-likeness (QED) is 0.265. The van der Waals surface area contributed by atoms with Crippen molar-refractivity contribution in [2.24, 2.45) is 4.99 Å². The number of carbonyl (C=O) groups is 2. The number of pyridine rings is 1. The Morgan fingerprint density at radius 1 is 1.11 bits per heavy atom. The molecule has 8 nitrogen and oxygen atoms in total. The van der Waals surface area contributed by atoms with E-state index in [1.165, 1.54) is 19.4 Å². The molecule has 3 aromatic rings. The predicted octanol–water partition coefficient (Wildman–Crippen LogP) is 4.58. The molecule has 1 atom stereocenters. The Labute approximate surface area is 214 Å². The predicted molar refractivity (Wildman–Crippen MR) is 130 cm³/mol. The number of amidine groups is 1. The molecule has 0 saturated carbocycles. The van der Waals surface area contributed by atoms with Crippen molar-refractivity contribution in [3.63, 3.8) is 0 Å². The molecule has 12 heteroatoms. The van der Waals surface area contributed by atoms with E-state index in [0.29, 0.717) is 40.7 Å². The summed E-state index contributed by atoms with van der Waals surface area (Å²) >= 11 is 0. The highest BCUT2D eigenvalue weighted by molar-refractivity contribution is 6.02. The SMILES string of the molecule is COC(=O)C1CN=C(c2cc(Oc3cccc(/C=C/C(=O)Nc4ccc(F)c(C(F)(F)F)c4)c3)ccn2)N1. The fourth-order valence-corrected chi connectivity index (χ4v) is 3.47. The normalized spacial score (nSPS) is 15.1. The van der Waals surface area contributed by atoms with Crippen molar-refractivity contribution in [2.45, 2.75) is 12.2 Å². The second-order valence-electron chi connectivity index (χ2n) is 7.98. The van der Waals surface area contributed by atoms with Gasteiger partial charge in [0.25, 0.3) is 0 Å². The van der Waals surface area contributed by atoms with Crippen molar-refractivity contribution in [2.75, 3.05) is 19.0 Å². The number of ether oxygens (including phenoxy) is 2. The number of halogens is 4. The van der Waals surface area contributed by atoms with Gasteiger partial charge in [0.1, 0.15) is 34.9 Å². The van der Waals surface area contributed by atoms with E-state index in [9.17, 15) is 27.2 Å². The number of esters is 1. The lowest BCUT2D eigenvalue weighted by Crippen LogP contribution is -2.38. The monoisotopic (exact) mass is 528 g/mol. The summed E-state index contributed by atoms with van der Waals surface area (Å²) in [5.41, 5.74) is -0.624. The Balaban J connectivity index is 1.40. The molecule has 38 heavy (non-hydrogen) atoms. The van der Waals surface area contributed by atoms with Crippen LogP contribution in [0.3, 0.4) is 0 Å². The Morgan fingerprint density at radius 2 is 1.89 bits per heavy atom. The number of nitrogens with one attached hydrogen (secondary N) is 2. The van der Waals surface area contributed by atoms with E-state index in [1.807, 2.05) is 0 Å². The molecule has 0 saturated heterocycles. The summed E-state index contributed by atoms with van der Waals surface area (Å²) < 4.78 is 62.7. The molecular formula is C26H20F4N4O4. The Morgan fingerprint density at radius 3 is 2.66 bits per heavy atom. The number of rotatable bonds is 7. The van der Waals surface area contributed by atoms with E-state index >= 15 is 0 Å². The standard InChI is InChI=1S/C26H20F4N4O4/c1-37-25(36)22-14-32-24(34-22)21-13-18(9-10-31-21)38-17-4-2-3-15(11-17)5-8-23(35)33-16-6-7-20(27)19(12-16)26(28,29)30/h2-13,22H,14H2,1H3,(H,32,34)(H,33,35)/b8-5+. The largest absolute Gasteiger partial charge is 0.467 e. The smallest absolute Gasteiger partial charge is 0.419 e. The third-order valence-electron chi connectivity index (χ3n) is 5.26. The number of anilines is 1. The van der Waals surface area contributed by atoms with Gasteiger partial charge in [-0.2, -0.15) is 13.2 Å². The molecule has 0 bridgehead atoms. The molecule has 0 radical (unpaired) electrons. The molecule has 2 N–H and O–H groups in total. The first-order chi connectivity index (χ1) is 18.1. The molecule has 196 valence electrons. The first-order valence-electron chi connectivity index (χ1n) is 11.1. The maximum absolute atomic E-state index is 13.4. The van der Waals surface area contributed by atoms with Crippen LogP contribution < -0.4 is 15.4 Å². The van der Waals surface area contributed by atoms with Crippen molar-refractivity contribution in [3.05, 3.63) is 89.5 Å². The van der Waals surface area contributed by atoms with Crippen LogP contribution in [0.25, 0.3) is 6.08 Å². The second-order valence-corrected chi connectivity index (χ2v) is 7.98. The van der Waals surface area contributed by atoms with Gasteiger partial charge in [0.2, 0.25) is 5.91 Å². The lowest BCUT2D eigenvalue weighted by Gasteiger charge is -2.10. The van der Waals surface area contributed by atoms with Gasteiger partial charge in [-0.3, -0.25) is 14.8 Å². The highest BCUT2D eigenvalue weighted by Gasteiger charge is 2.34. The summed E-state index contributed by atoms with van der Waals surface area (Å²) in [6, 6.07) is 11.6. The van der Waals surface area contributed by atoms with Crippen LogP contribution in [-0.2, 0) is 20.5 Å². The molecule has 0 spiro atoms. The van der Waals surface area contributed by atoms with Crippen LogP contribution in [0.4, 0.5) is 23.2 Å². The van der Waals surface area contributed by atoms with E-state index in [-0.39, 0.29) is 12.2 Å². The van der Waals surface area contributed by atoms with Gasteiger partial charge >= 0.3 is 12.1 Å². The van der Waals surface area contributed by atoms with Gasteiger partial charge < -0.3 is 20.1 Å². The summed E-state index contributed by atoms with van der Waals surface area (Å²) in [7, 11) is 1.29. The van der Waals surface area contributed by atoms with Gasteiger partial charge in [-0.15, -0.1) is 0 Å². The maximum atomic E-state index is 13.4. The Bertz CT molecular complexity index is 1420. The molecule has 1 aliphatic rings. The molecule has 0 fully saturated rings. The number of aromatic nitrogens is 1. The van der Waals surface area contributed by atoms with Crippen molar-refractivity contribution in [3.8, 4) is 11.5 Å². The number of hydrogen-bond donors (Lipinski definition) is 2. The van der Waals surface area contributed by atoms with Crippen LogP contribution in [0.1, 0.15) is 16.8 Å². The molecule has 0 aliphatic carbocycles. The summed E-state index contributed by atoms with van der Waals surface area (Å²) in [6.45, 7) is 0.224. The number of methoxy groups -OCH3 is 1. The van der Waals surface area contributed by atoms with Crippen LogP contribution in [0.15, 0.2) is 71.9 Å². The number of amides is 1. The van der Waals surface area contributed by atoms with Gasteiger partial charge in [0.15, 0.2) is 0 Å². The third kappa shape index (κ3) is 6.52. The lowest BCUT2D eigenvalue weighted by atomic mass is 10.1. The van der Waals surface area contributed by atoms with E-state index in [2.05, 4.69) is 20.6 Å². The molecule has 1 aromatic heterocycles. The second kappa shape index (κ2) is 11.1. The Hall–Kier alpha value is -4.74. The molecule has 2 aromatic carbocycles. The number of alkyl halides is 3. The van der Waals surface area contributed by atoms with Crippen LogP contribution in [0.2, 0.25) is 0 Å². The van der Waals surface area contributed by atoms with Gasteiger partial charge in [-0.25, -0.2) is 9.18 Å². The maximum Gasteiger partial charge on any atom is 0.419 e. The fourth-order valence-electron chi connectivity index (χ4n) is 3.47. The first kappa shape index (κ1) is 26.3. The molecule has 4 rings (SSSR count). The fraction of sp³-hybridized carbons (Fsp3) is 0.154. The zero-order valence-electron chi connectivity index (χ0n) is 19.8. The summed E-state index contributed by atoms with van der Waals surface area (Å²) in [5.74, 6) is -1.26. The minimum atomic E-state index is -4.89. The van der Waals surface area contributed by atoms with Crippen LogP contribution in [0.5, 0.6) is 11.5 Å². The zero-order chi connectivity index (χ0) is 27.3. The van der Waals surface area contributed by atoms with E-state index in [1.54, 1.807) is 36.4 Å². The summed E-state index contributed by atoms with van der Waals surface area (Å²) in [6.07, 6.45) is -0.794. The van der Waals surface area contributed by atoms with Crippen LogP contribution in [-0.4, -0.2) is 42.4 Å². The topological polar surface area (TPSA) is 102 Å². The van der Waals surface area contributed by atoms with E-state index in [4.69, 9.17) is 9.47 Å². The molecule has 1 aliphatic heterocycles. The molecule has 1 unspecified atom stereocenters. The number of carbonyl (C=O) groups excluding carboxylic acids is 2. The van der Waals surface area contributed by atoms with E-state index in [0.717, 1.165) is 12.1 Å². The highest BCUT2D eigenvalue weighted by atomic mass is 19.4. The van der Waals surface area contributed by atoms with Gasteiger partial charge in [-0.05, 0) is 48.0 Å². The number of aliphatic imine (C=N–C) groups is 1. The molecular weight excluding hydrogens is 508 g/mol. The van der Waals surface area contributed by atoms with Gasteiger partial charge in [0, 0.05) is 24.0 Å². The summed E-state index contributed by atoms with van der Waals surface area (Å²) in [5, 5.41) is 5.23. The average molecular weight is 528 g/mol. The third-order valence-corrected chi connectivity index (χ3v) is 5.26. The van der Waals surface area contributed by atoms with Gasteiger partial charge in [-0.1, -0.05) is 12.1 Å². The first-order valence-corrected chi connectivity index (χ1v) is 11.1. The van der Waals surface area contributed by atoms with E-state index < -0.39 is 35.5 Å². The molecule has 1 amide bonds. The Kier molecular flexibility index (Phi) is 7.70. The average Bonchev–Trinajstić information content (AvgIpc) is 3.38. The minimum absolute atomic E-state index is 0.196. The number of hydrogen-bond acceptors (Lipinski definition) is 7. The van der Waals surface area contributed by atoms with Gasteiger partial charge in [0.05, 0.1) is 19.2 Å². The lowest BCUT2D eigenvalue weighted by molar-refractivity contribution is -0.142.